The Bertz CT molecular complexity index is 485. The summed E-state index contributed by atoms with van der Waals surface area (Å²) in [5.74, 6) is 0.109. The highest BCUT2D eigenvalue weighted by Crippen LogP contribution is 2.19. The van der Waals surface area contributed by atoms with Crippen LogP contribution in [0.4, 0.5) is 5.69 Å². The Balaban J connectivity index is 2.02. The number of anilines is 1. The van der Waals surface area contributed by atoms with Crippen LogP contribution < -0.4 is 10.6 Å². The minimum atomic E-state index is 0.00610. The van der Waals surface area contributed by atoms with E-state index in [4.69, 9.17) is 0 Å². The Labute approximate surface area is 113 Å². The van der Waals surface area contributed by atoms with E-state index in [1.165, 1.54) is 6.92 Å². The molecule has 0 aliphatic carbocycles. The second-order valence-corrected chi connectivity index (χ2v) is 5.20. The average Bonchev–Trinajstić information content (AvgIpc) is 2.39. The zero-order valence-electron chi connectivity index (χ0n) is 11.4. The molecule has 0 unspecified atom stereocenters. The molecule has 2 N–H and O–H groups in total. The van der Waals surface area contributed by atoms with Crippen LogP contribution in [-0.4, -0.2) is 24.3 Å². The van der Waals surface area contributed by atoms with Gasteiger partial charge < -0.3 is 10.6 Å². The van der Waals surface area contributed by atoms with Gasteiger partial charge in [-0.15, -0.1) is 0 Å². The van der Waals surface area contributed by atoms with E-state index >= 15 is 0 Å². The van der Waals surface area contributed by atoms with E-state index in [0.717, 1.165) is 19.4 Å². The monoisotopic (exact) mass is 260 g/mol. The molecule has 1 aromatic rings. The summed E-state index contributed by atoms with van der Waals surface area (Å²) in [6.45, 7) is 4.50. The van der Waals surface area contributed by atoms with Gasteiger partial charge in [0.2, 0.25) is 5.91 Å². The number of amides is 1. The maximum absolute atomic E-state index is 12.2. The Morgan fingerprint density at radius 2 is 2.16 bits per heavy atom. The van der Waals surface area contributed by atoms with Crippen molar-refractivity contribution < 1.29 is 9.59 Å². The number of piperidine rings is 1. The lowest BCUT2D eigenvalue weighted by molar-refractivity contribution is -0.120. The lowest BCUT2D eigenvalue weighted by atomic mass is 9.92. The zero-order valence-corrected chi connectivity index (χ0v) is 11.4. The topological polar surface area (TPSA) is 58.2 Å². The Hall–Kier alpha value is -1.68. The van der Waals surface area contributed by atoms with Gasteiger partial charge in [-0.1, -0.05) is 12.1 Å². The molecular formula is C15H20N2O2. The van der Waals surface area contributed by atoms with Gasteiger partial charge in [-0.2, -0.15) is 0 Å². The molecule has 2 rings (SSSR count). The standard InChI is InChI=1S/C15H20N2O2/c1-10-8-13(6-7-16-10)15(19)17-14-5-3-4-12(9-14)11(2)18/h3-5,9-10,13,16H,6-8H2,1-2H3,(H,17,19)/t10-,13-/m0/s1. The highest BCUT2D eigenvalue weighted by molar-refractivity contribution is 5.97. The smallest absolute Gasteiger partial charge is 0.227 e. The summed E-state index contributed by atoms with van der Waals surface area (Å²) in [5, 5.41) is 6.24. The van der Waals surface area contributed by atoms with Crippen molar-refractivity contribution in [1.82, 2.24) is 5.32 Å². The molecule has 4 heteroatoms. The Kier molecular flexibility index (Phi) is 4.32. The first-order valence-corrected chi connectivity index (χ1v) is 6.71. The van der Waals surface area contributed by atoms with Crippen molar-refractivity contribution in [3.8, 4) is 0 Å². The van der Waals surface area contributed by atoms with E-state index in [1.54, 1.807) is 18.2 Å². The number of rotatable bonds is 3. The quantitative estimate of drug-likeness (QED) is 0.819. The summed E-state index contributed by atoms with van der Waals surface area (Å²) in [5.41, 5.74) is 1.32. The second kappa shape index (κ2) is 5.97. The molecule has 1 aliphatic rings. The van der Waals surface area contributed by atoms with E-state index in [9.17, 15) is 9.59 Å². The first kappa shape index (κ1) is 13.7. The number of nitrogens with one attached hydrogen (secondary N) is 2. The molecular weight excluding hydrogens is 240 g/mol. The molecule has 19 heavy (non-hydrogen) atoms. The first-order valence-electron chi connectivity index (χ1n) is 6.71. The summed E-state index contributed by atoms with van der Waals surface area (Å²) in [7, 11) is 0. The van der Waals surface area contributed by atoms with E-state index in [-0.39, 0.29) is 17.6 Å². The normalized spacial score (nSPS) is 22.8. The molecule has 1 saturated heterocycles. The summed E-state index contributed by atoms with van der Waals surface area (Å²) in [4.78, 5) is 23.5. The SMILES string of the molecule is CC(=O)c1cccc(NC(=O)[C@H]2CCN[C@@H](C)C2)c1. The second-order valence-electron chi connectivity index (χ2n) is 5.20. The van der Waals surface area contributed by atoms with Crippen LogP contribution in [0.5, 0.6) is 0 Å². The minimum Gasteiger partial charge on any atom is -0.326 e. The van der Waals surface area contributed by atoms with Crippen molar-refractivity contribution in [2.24, 2.45) is 5.92 Å². The first-order chi connectivity index (χ1) is 9.06. The van der Waals surface area contributed by atoms with Crippen molar-refractivity contribution in [1.29, 1.82) is 0 Å². The molecule has 4 nitrogen and oxygen atoms in total. The molecule has 0 saturated carbocycles. The lowest BCUT2D eigenvalue weighted by Gasteiger charge is -2.27. The van der Waals surface area contributed by atoms with Gasteiger partial charge in [0.1, 0.15) is 0 Å². The van der Waals surface area contributed by atoms with Gasteiger partial charge in [0.05, 0.1) is 0 Å². The van der Waals surface area contributed by atoms with Gasteiger partial charge in [-0.05, 0) is 45.4 Å². The number of Topliss-reactive ketones (excluding diaryl/α,β-unsaturated/α-hetero) is 1. The average molecular weight is 260 g/mol. The molecule has 1 aliphatic heterocycles. The number of ketones is 1. The van der Waals surface area contributed by atoms with E-state index in [0.29, 0.717) is 17.3 Å². The molecule has 1 fully saturated rings. The summed E-state index contributed by atoms with van der Waals surface area (Å²) < 4.78 is 0. The molecule has 1 amide bonds. The Morgan fingerprint density at radius 1 is 1.37 bits per heavy atom. The molecule has 0 aromatic heterocycles. The van der Waals surface area contributed by atoms with Crippen molar-refractivity contribution in [2.75, 3.05) is 11.9 Å². The van der Waals surface area contributed by atoms with Crippen LogP contribution in [0.3, 0.4) is 0 Å². The molecule has 1 heterocycles. The highest BCUT2D eigenvalue weighted by Gasteiger charge is 2.24. The molecule has 102 valence electrons. The van der Waals surface area contributed by atoms with E-state index < -0.39 is 0 Å². The number of benzene rings is 1. The van der Waals surface area contributed by atoms with Gasteiger partial charge in [0.25, 0.3) is 0 Å². The van der Waals surface area contributed by atoms with Crippen molar-refractivity contribution in [2.45, 2.75) is 32.7 Å². The third kappa shape index (κ3) is 3.64. The van der Waals surface area contributed by atoms with Gasteiger partial charge in [-0.3, -0.25) is 9.59 Å². The third-order valence-electron chi connectivity index (χ3n) is 3.53. The summed E-state index contributed by atoms with van der Waals surface area (Å²) >= 11 is 0. The zero-order chi connectivity index (χ0) is 13.8. The van der Waals surface area contributed by atoms with E-state index in [1.807, 2.05) is 6.07 Å². The van der Waals surface area contributed by atoms with Gasteiger partial charge in [-0.25, -0.2) is 0 Å². The minimum absolute atomic E-state index is 0.00610. The van der Waals surface area contributed by atoms with Crippen molar-refractivity contribution in [3.63, 3.8) is 0 Å². The largest absolute Gasteiger partial charge is 0.326 e. The molecule has 2 atom stereocenters. The highest BCUT2D eigenvalue weighted by atomic mass is 16.2. The number of carbonyl (C=O) groups excluding carboxylic acids is 2. The predicted molar refractivity (Wildman–Crippen MR) is 75.3 cm³/mol. The van der Waals surface area contributed by atoms with Crippen LogP contribution in [0.1, 0.15) is 37.0 Å². The van der Waals surface area contributed by atoms with Crippen LogP contribution in [0.25, 0.3) is 0 Å². The molecule has 1 aromatic carbocycles. The maximum atomic E-state index is 12.2. The van der Waals surface area contributed by atoms with Crippen LogP contribution in [0.2, 0.25) is 0 Å². The fourth-order valence-corrected chi connectivity index (χ4v) is 2.43. The van der Waals surface area contributed by atoms with Crippen LogP contribution >= 0.6 is 0 Å². The fourth-order valence-electron chi connectivity index (χ4n) is 2.43. The number of carbonyl (C=O) groups is 2. The number of hydrogen-bond acceptors (Lipinski definition) is 3. The number of hydrogen-bond donors (Lipinski definition) is 2. The molecule has 0 radical (unpaired) electrons. The lowest BCUT2D eigenvalue weighted by Crippen LogP contribution is -2.40. The predicted octanol–water partition coefficient (Wildman–Crippen LogP) is 2.22. The van der Waals surface area contributed by atoms with Gasteiger partial charge >= 0.3 is 0 Å². The van der Waals surface area contributed by atoms with Crippen LogP contribution in [0, 0.1) is 5.92 Å². The van der Waals surface area contributed by atoms with Crippen molar-refractivity contribution in [3.05, 3.63) is 29.8 Å². The summed E-state index contributed by atoms with van der Waals surface area (Å²) in [6.07, 6.45) is 1.72. The fraction of sp³-hybridized carbons (Fsp3) is 0.467. The van der Waals surface area contributed by atoms with E-state index in [2.05, 4.69) is 17.6 Å². The molecule has 0 bridgehead atoms. The van der Waals surface area contributed by atoms with Crippen LogP contribution in [-0.2, 0) is 4.79 Å². The molecule has 0 spiro atoms. The van der Waals surface area contributed by atoms with Gasteiger partial charge in [0, 0.05) is 23.2 Å². The Morgan fingerprint density at radius 3 is 2.84 bits per heavy atom. The van der Waals surface area contributed by atoms with Gasteiger partial charge in [0.15, 0.2) is 5.78 Å². The maximum Gasteiger partial charge on any atom is 0.227 e. The van der Waals surface area contributed by atoms with Crippen LogP contribution in [0.15, 0.2) is 24.3 Å². The summed E-state index contributed by atoms with van der Waals surface area (Å²) in [6, 6.07) is 7.47. The third-order valence-corrected chi connectivity index (χ3v) is 3.53. The van der Waals surface area contributed by atoms with Crippen molar-refractivity contribution >= 4 is 17.4 Å².